The van der Waals surface area contributed by atoms with E-state index in [1.54, 1.807) is 22.3 Å². The first-order valence-electron chi connectivity index (χ1n) is 10.8. The summed E-state index contributed by atoms with van der Waals surface area (Å²) < 4.78 is 11.2. The van der Waals surface area contributed by atoms with Gasteiger partial charge in [-0.1, -0.05) is 23.7 Å². The molecule has 0 fully saturated rings. The minimum atomic E-state index is -0.784. The zero-order chi connectivity index (χ0) is 24.1. The molecule has 0 saturated carbocycles. The number of benzene rings is 1. The molecular weight excluding hydrogens is 476 g/mol. The highest BCUT2D eigenvalue weighted by Crippen LogP contribution is 2.33. The number of pyridine rings is 1. The summed E-state index contributed by atoms with van der Waals surface area (Å²) in [4.78, 5) is 33.1. The number of fused-ring (bicyclic) bond motifs is 1. The second-order valence-electron chi connectivity index (χ2n) is 7.83. The van der Waals surface area contributed by atoms with Crippen LogP contribution in [0.15, 0.2) is 54.0 Å². The highest BCUT2D eigenvalue weighted by atomic mass is 35.5. The number of rotatable bonds is 8. The van der Waals surface area contributed by atoms with Crippen LogP contribution in [0.1, 0.15) is 34.2 Å². The summed E-state index contributed by atoms with van der Waals surface area (Å²) in [6.07, 6.45) is 1.77. The minimum absolute atomic E-state index is 0.140. The summed E-state index contributed by atoms with van der Waals surface area (Å²) in [5, 5.41) is 2.34. The van der Waals surface area contributed by atoms with Crippen LogP contribution in [-0.2, 0) is 4.74 Å². The summed E-state index contributed by atoms with van der Waals surface area (Å²) in [6.45, 7) is 1.37. The Morgan fingerprint density at radius 2 is 2.12 bits per heavy atom. The number of ether oxygens (including phenoxy) is 2. The normalized spacial score (nSPS) is 14.4. The predicted octanol–water partition coefficient (Wildman–Crippen LogP) is 4.89. The zero-order valence-corrected chi connectivity index (χ0v) is 20.2. The number of carbonyl (C=O) groups excluding carboxylic acids is 2. The van der Waals surface area contributed by atoms with Crippen molar-refractivity contribution in [3.63, 3.8) is 0 Å². The third kappa shape index (κ3) is 5.60. The lowest BCUT2D eigenvalue weighted by Crippen LogP contribution is -2.33. The van der Waals surface area contributed by atoms with Gasteiger partial charge in [0.25, 0.3) is 5.91 Å². The first-order chi connectivity index (χ1) is 16.4. The molecule has 1 aromatic carbocycles. The van der Waals surface area contributed by atoms with Crippen LogP contribution < -0.4 is 20.3 Å². The summed E-state index contributed by atoms with van der Waals surface area (Å²) in [7, 11) is 1.93. The predicted molar refractivity (Wildman–Crippen MR) is 133 cm³/mol. The lowest BCUT2D eigenvalue weighted by Gasteiger charge is -2.23. The molecule has 178 valence electrons. The summed E-state index contributed by atoms with van der Waals surface area (Å²) in [5.41, 5.74) is 7.05. The van der Waals surface area contributed by atoms with Crippen LogP contribution in [0.4, 0.5) is 16.2 Å². The van der Waals surface area contributed by atoms with Gasteiger partial charge in [-0.25, -0.2) is 9.78 Å². The fraction of sp³-hybridized carbons (Fsp3) is 0.292. The molecule has 0 bridgehead atoms. The molecule has 3 aromatic rings. The number of nitrogens with two attached hydrogens (primary N) is 1. The monoisotopic (exact) mass is 500 g/mol. The number of anilines is 2. The van der Waals surface area contributed by atoms with E-state index in [1.807, 2.05) is 53.7 Å². The molecule has 0 radical (unpaired) electrons. The molecule has 1 aliphatic rings. The Morgan fingerprint density at radius 1 is 1.26 bits per heavy atom. The molecule has 2 amide bonds. The Balaban J connectivity index is 1.54. The molecule has 2 aromatic heterocycles. The Labute approximate surface area is 206 Å². The highest BCUT2D eigenvalue weighted by molar-refractivity contribution is 7.10. The van der Waals surface area contributed by atoms with Crippen LogP contribution in [0.5, 0.6) is 5.75 Å². The lowest BCUT2D eigenvalue weighted by atomic mass is 10.1. The molecule has 3 heterocycles. The number of halogens is 1. The van der Waals surface area contributed by atoms with Crippen molar-refractivity contribution >= 4 is 46.3 Å². The Kier molecular flexibility index (Phi) is 7.54. The van der Waals surface area contributed by atoms with E-state index in [4.69, 9.17) is 26.8 Å². The maximum atomic E-state index is 13.4. The van der Waals surface area contributed by atoms with Gasteiger partial charge in [0.1, 0.15) is 17.0 Å². The molecule has 34 heavy (non-hydrogen) atoms. The number of hydrogen-bond acceptors (Lipinski definition) is 7. The van der Waals surface area contributed by atoms with E-state index in [0.717, 1.165) is 16.3 Å². The van der Waals surface area contributed by atoms with Gasteiger partial charge in [-0.2, -0.15) is 0 Å². The number of hydrogen-bond donors (Lipinski definition) is 1. The molecule has 0 saturated heterocycles. The number of primary amides is 1. The minimum Gasteiger partial charge on any atom is -0.485 e. The first-order valence-corrected chi connectivity index (χ1v) is 12.1. The average molecular weight is 501 g/mol. The average Bonchev–Trinajstić information content (AvgIpc) is 3.32. The van der Waals surface area contributed by atoms with E-state index in [1.165, 1.54) is 6.20 Å². The van der Waals surface area contributed by atoms with Crippen molar-refractivity contribution in [2.45, 2.75) is 18.9 Å². The molecule has 2 N–H and O–H groups in total. The molecule has 1 aliphatic heterocycles. The Bertz CT molecular complexity index is 1160. The van der Waals surface area contributed by atoms with Crippen molar-refractivity contribution < 1.29 is 19.1 Å². The Morgan fingerprint density at radius 3 is 2.88 bits per heavy atom. The van der Waals surface area contributed by atoms with Crippen molar-refractivity contribution in [1.82, 2.24) is 4.98 Å². The fourth-order valence-corrected chi connectivity index (χ4v) is 4.77. The number of amides is 2. The van der Waals surface area contributed by atoms with E-state index in [-0.39, 0.29) is 18.6 Å². The molecule has 0 spiro atoms. The zero-order valence-electron chi connectivity index (χ0n) is 18.6. The van der Waals surface area contributed by atoms with Crippen LogP contribution in [0.2, 0.25) is 5.15 Å². The van der Waals surface area contributed by atoms with Crippen molar-refractivity contribution in [2.75, 3.05) is 36.5 Å². The van der Waals surface area contributed by atoms with Gasteiger partial charge in [0.2, 0.25) is 0 Å². The third-order valence-electron chi connectivity index (χ3n) is 5.52. The number of carbonyl (C=O) groups is 2. The van der Waals surface area contributed by atoms with Crippen LogP contribution in [0.25, 0.3) is 0 Å². The number of likely N-dealkylation sites (N-methyl/N-ethyl adjacent to an activating group) is 1. The topological polar surface area (TPSA) is 98.0 Å². The number of aromatic nitrogens is 1. The van der Waals surface area contributed by atoms with Gasteiger partial charge in [0, 0.05) is 43.0 Å². The van der Waals surface area contributed by atoms with E-state index in [2.05, 4.69) is 4.98 Å². The van der Waals surface area contributed by atoms with Gasteiger partial charge < -0.3 is 25.0 Å². The van der Waals surface area contributed by atoms with Crippen molar-refractivity contribution in [3.05, 3.63) is 69.6 Å². The number of thiophene rings is 1. The van der Waals surface area contributed by atoms with Crippen LogP contribution in [-0.4, -0.2) is 43.7 Å². The van der Waals surface area contributed by atoms with Crippen molar-refractivity contribution in [2.24, 2.45) is 5.73 Å². The van der Waals surface area contributed by atoms with Gasteiger partial charge in [-0.3, -0.25) is 4.79 Å². The van der Waals surface area contributed by atoms with Gasteiger partial charge in [0.05, 0.1) is 17.9 Å². The van der Waals surface area contributed by atoms with E-state index in [0.29, 0.717) is 42.4 Å². The van der Waals surface area contributed by atoms with Crippen LogP contribution in [0.3, 0.4) is 0 Å². The molecule has 4 rings (SSSR count). The van der Waals surface area contributed by atoms with E-state index < -0.39 is 6.09 Å². The number of nitrogens with zero attached hydrogens (tertiary/aromatic N) is 3. The fourth-order valence-electron chi connectivity index (χ4n) is 3.83. The summed E-state index contributed by atoms with van der Waals surface area (Å²) in [5.74, 6) is 0.505. The summed E-state index contributed by atoms with van der Waals surface area (Å²) >= 11 is 7.66. The Hall–Kier alpha value is -3.30. The second-order valence-corrected chi connectivity index (χ2v) is 9.20. The second kappa shape index (κ2) is 10.8. The maximum absolute atomic E-state index is 13.4. The van der Waals surface area contributed by atoms with Crippen molar-refractivity contribution in [1.29, 1.82) is 0 Å². The largest absolute Gasteiger partial charge is 0.485 e. The summed E-state index contributed by atoms with van der Waals surface area (Å²) in [6, 6.07) is 13.2. The van der Waals surface area contributed by atoms with Gasteiger partial charge in [0.15, 0.2) is 0 Å². The third-order valence-corrected chi connectivity index (χ3v) is 6.69. The smallest absolute Gasteiger partial charge is 0.404 e. The molecule has 8 nitrogen and oxygen atoms in total. The van der Waals surface area contributed by atoms with Gasteiger partial charge >= 0.3 is 6.09 Å². The highest BCUT2D eigenvalue weighted by Gasteiger charge is 2.27. The maximum Gasteiger partial charge on any atom is 0.404 e. The van der Waals surface area contributed by atoms with Crippen molar-refractivity contribution in [3.8, 4) is 5.75 Å². The van der Waals surface area contributed by atoms with E-state index >= 15 is 0 Å². The molecule has 10 heteroatoms. The first kappa shape index (κ1) is 23.8. The molecular formula is C24H25ClN4O4S. The SMILES string of the molecule is CN1CCN(c2cccc(OC(CCCOC(N)=O)c3cccs3)c2)C(=O)c2cnc(Cl)cc21. The van der Waals surface area contributed by atoms with Gasteiger partial charge in [-0.05, 0) is 42.5 Å². The quantitative estimate of drug-likeness (QED) is 0.349. The molecule has 1 unspecified atom stereocenters. The van der Waals surface area contributed by atoms with Crippen LogP contribution in [0, 0.1) is 0 Å². The van der Waals surface area contributed by atoms with E-state index in [9.17, 15) is 9.59 Å². The van der Waals surface area contributed by atoms with Gasteiger partial charge in [-0.15, -0.1) is 11.3 Å². The molecule has 1 atom stereocenters. The lowest BCUT2D eigenvalue weighted by molar-refractivity contribution is 0.0989. The molecule has 0 aliphatic carbocycles. The van der Waals surface area contributed by atoms with Crippen LogP contribution >= 0.6 is 22.9 Å². The standard InChI is InChI=1S/C24H25ClN4O4S/c1-28-9-10-29(23(30)18-15-27-22(25)14-19(18)28)16-5-2-6-17(13-16)33-20(21-8-4-12-34-21)7-3-11-32-24(26)31/h2,4-6,8,12-15,20H,3,7,9-11H2,1H3,(H2,26,31).